The molecule has 0 N–H and O–H groups in total. The van der Waals surface area contributed by atoms with E-state index in [9.17, 15) is 28.8 Å². The first-order chi connectivity index (χ1) is 46.4. The second kappa shape index (κ2) is 32.5. The zero-order valence-electron chi connectivity index (χ0n) is 64.9. The van der Waals surface area contributed by atoms with Crippen LogP contribution in [-0.4, -0.2) is 69.4 Å². The summed E-state index contributed by atoms with van der Waals surface area (Å²) in [6, 6.07) is 0. The minimum absolute atomic E-state index is 0.160. The van der Waals surface area contributed by atoms with Crippen molar-refractivity contribution in [2.75, 3.05) is 0 Å². The molecular weight excluding hydrogens is 1240 g/mol. The molecule has 15 rings (SSSR count). The highest BCUT2D eigenvalue weighted by Crippen LogP contribution is 2.71. The highest BCUT2D eigenvalue weighted by molar-refractivity contribution is 5.89. The van der Waals surface area contributed by atoms with Crippen molar-refractivity contribution in [3.63, 3.8) is 0 Å². The first-order valence-electron chi connectivity index (χ1n) is 39.7. The number of esters is 6. The van der Waals surface area contributed by atoms with Gasteiger partial charge in [-0.25, -0.2) is 28.8 Å². The largest absolute Gasteiger partial charge is 0.456 e. The Kier molecular flexibility index (Phi) is 26.3. The van der Waals surface area contributed by atoms with Gasteiger partial charge in [0.2, 0.25) is 0 Å². The van der Waals surface area contributed by atoms with Gasteiger partial charge in [0, 0.05) is 44.8 Å². The van der Waals surface area contributed by atoms with Gasteiger partial charge in [0.25, 0.3) is 0 Å². The SMILES string of the molecule is C=C(C)C(=O)OC(C)(C)C12CC3CC(CC(C3)C1)C2.C=C(C)C(=O)OC(C)(C)C1CCCCC1.C=C(C)C(=O)OC1(C(C)C)CCCC1.C=C(C)C(=O)OC1(C)CCCCC1.C=C(C)C(=O)OC1(CC)C2CC3CC(C2)CC1C3.C=C(C)C(=O)OC1(CC)CC2CC1C1C3CCC(C3)C21. The maximum Gasteiger partial charge on any atom is 0.333 e. The Hall–Kier alpha value is -4.74. The standard InChI is InChI=1S/C18H26O2.C17H26O2.C16H24O2.C13H22O2.C12H20O2.C11H18O2/c1-4-18(20-17(19)10(2)3)9-13-8-14(18)16-12-6-5-11(7-12)15(13)16;1-11(2)15(18)19-16(3,4)17-8-12-5-13(9-17)7-14(6-12)10-17;1-4-16(18-15(17)10(2)3)13-6-11-5-12(8-13)9-14(16)7-11;1-10(2)12(14)15-13(3,4)11-8-6-5-7-9-11;1-9(2)11(13)14-12(10(3)4)7-5-6-8-12;1-9(2)10(12)13-11(3)7-5-4-6-8-11/h11-16H,2,4-9H2,1,3H3;12-14H,1,5-10H2,2-4H3;11-14H,2,4-9H2,1,3H3;11H,1,5-9H2,2-4H3;10H,1,5-8H2,2-4H3;1,4-8H2,2-3H3. The summed E-state index contributed by atoms with van der Waals surface area (Å²) in [4.78, 5) is 70.2. The molecule has 7 unspecified atom stereocenters. The fourth-order valence-corrected chi connectivity index (χ4v) is 22.9. The molecule has 0 aromatic heterocycles. The highest BCUT2D eigenvalue weighted by atomic mass is 16.6. The van der Waals surface area contributed by atoms with Gasteiger partial charge in [-0.15, -0.1) is 0 Å². The Morgan fingerprint density at radius 3 is 1.29 bits per heavy atom. The predicted octanol–water partition coefficient (Wildman–Crippen LogP) is 21.1. The average Bonchev–Trinajstić information content (AvgIpc) is 1.56. The minimum Gasteiger partial charge on any atom is -0.456 e. The van der Waals surface area contributed by atoms with Crippen molar-refractivity contribution in [2.24, 2.45) is 94.2 Å². The van der Waals surface area contributed by atoms with Crippen LogP contribution < -0.4 is 0 Å². The lowest BCUT2D eigenvalue weighted by molar-refractivity contribution is -0.207. The molecule has 0 radical (unpaired) electrons. The van der Waals surface area contributed by atoms with Crippen LogP contribution in [0.4, 0.5) is 0 Å². The van der Waals surface area contributed by atoms with E-state index in [1.165, 1.54) is 161 Å². The number of fused-ring (bicyclic) bond motifs is 9. The molecule has 15 aliphatic rings. The van der Waals surface area contributed by atoms with E-state index < -0.39 is 0 Å². The van der Waals surface area contributed by atoms with E-state index in [1.807, 2.05) is 20.8 Å². The van der Waals surface area contributed by atoms with E-state index in [4.69, 9.17) is 28.4 Å². The van der Waals surface area contributed by atoms with Crippen LogP contribution in [0.3, 0.4) is 0 Å². The second-order valence-corrected chi connectivity index (χ2v) is 36.4. The highest BCUT2D eigenvalue weighted by Gasteiger charge is 2.68. The number of hydrogen-bond donors (Lipinski definition) is 0. The molecule has 99 heavy (non-hydrogen) atoms. The van der Waals surface area contributed by atoms with Crippen LogP contribution in [0.1, 0.15) is 309 Å². The van der Waals surface area contributed by atoms with Gasteiger partial charge >= 0.3 is 35.8 Å². The van der Waals surface area contributed by atoms with E-state index in [0.717, 1.165) is 104 Å². The Morgan fingerprint density at radius 2 is 0.838 bits per heavy atom. The van der Waals surface area contributed by atoms with Gasteiger partial charge in [-0.1, -0.05) is 92.9 Å². The first kappa shape index (κ1) is 80.0. The number of rotatable bonds is 17. The van der Waals surface area contributed by atoms with Crippen molar-refractivity contribution in [1.82, 2.24) is 0 Å². The summed E-state index contributed by atoms with van der Waals surface area (Å²) in [6.07, 6.45) is 39.5. The number of ether oxygens (including phenoxy) is 6. The van der Waals surface area contributed by atoms with Gasteiger partial charge in [0.15, 0.2) is 0 Å². The van der Waals surface area contributed by atoms with Gasteiger partial charge in [0.05, 0.1) is 0 Å². The number of carbonyl (C=O) groups is 6. The third kappa shape index (κ3) is 18.3. The van der Waals surface area contributed by atoms with Crippen LogP contribution in [0.5, 0.6) is 0 Å². The van der Waals surface area contributed by atoms with Gasteiger partial charge < -0.3 is 28.4 Å². The molecule has 7 atom stereocenters. The van der Waals surface area contributed by atoms with Crippen LogP contribution >= 0.6 is 0 Å². The second-order valence-electron chi connectivity index (χ2n) is 36.4. The summed E-state index contributed by atoms with van der Waals surface area (Å²) < 4.78 is 34.3. The van der Waals surface area contributed by atoms with Crippen molar-refractivity contribution in [3.8, 4) is 0 Å². The molecule has 0 aromatic rings. The van der Waals surface area contributed by atoms with Crippen molar-refractivity contribution in [1.29, 1.82) is 0 Å². The van der Waals surface area contributed by atoms with Crippen LogP contribution in [-0.2, 0) is 57.2 Å². The van der Waals surface area contributed by atoms with Crippen molar-refractivity contribution >= 4 is 35.8 Å². The summed E-state index contributed by atoms with van der Waals surface area (Å²) in [6.45, 7) is 51.3. The summed E-state index contributed by atoms with van der Waals surface area (Å²) in [5, 5.41) is 0. The molecule has 15 aliphatic carbocycles. The van der Waals surface area contributed by atoms with Gasteiger partial charge in [-0.05, 0) is 339 Å². The summed E-state index contributed by atoms with van der Waals surface area (Å²) >= 11 is 0. The van der Waals surface area contributed by atoms with E-state index in [-0.39, 0.29) is 74.8 Å². The van der Waals surface area contributed by atoms with Crippen LogP contribution in [0.2, 0.25) is 0 Å². The Labute approximate surface area is 600 Å². The minimum atomic E-state index is -0.348. The Bertz CT molecular complexity index is 2900. The smallest absolute Gasteiger partial charge is 0.333 e. The molecule has 0 amide bonds. The van der Waals surface area contributed by atoms with Crippen LogP contribution in [0.25, 0.3) is 0 Å². The average molecular weight is 1370 g/mol. The first-order valence-corrected chi connectivity index (χ1v) is 39.7. The van der Waals surface area contributed by atoms with Crippen molar-refractivity contribution in [2.45, 2.75) is 343 Å². The van der Waals surface area contributed by atoms with E-state index in [0.29, 0.717) is 63.0 Å². The Balaban J connectivity index is 0.000000153. The van der Waals surface area contributed by atoms with Gasteiger partial charge in [0.1, 0.15) is 33.6 Å². The number of hydrogen-bond acceptors (Lipinski definition) is 12. The fraction of sp³-hybridized carbons (Fsp3) is 0.793. The monoisotopic (exact) mass is 1370 g/mol. The molecule has 0 aromatic carbocycles. The molecule has 556 valence electrons. The topological polar surface area (TPSA) is 158 Å². The van der Waals surface area contributed by atoms with Gasteiger partial charge in [-0.3, -0.25) is 0 Å². The third-order valence-corrected chi connectivity index (χ3v) is 27.9. The quantitative estimate of drug-likeness (QED) is 0.0588. The molecule has 0 saturated heterocycles. The lowest BCUT2D eigenvalue weighted by Crippen LogP contribution is -2.59. The molecule has 0 heterocycles. The van der Waals surface area contributed by atoms with E-state index in [2.05, 4.69) is 81.0 Å². The summed E-state index contributed by atoms with van der Waals surface area (Å²) in [7, 11) is 0. The molecule has 0 aliphatic heterocycles. The zero-order chi connectivity index (χ0) is 73.0. The van der Waals surface area contributed by atoms with Crippen LogP contribution in [0, 0.1) is 94.2 Å². The maximum absolute atomic E-state index is 12.1. The summed E-state index contributed by atoms with van der Waals surface area (Å²) in [5.41, 5.74) is 1.85. The fourth-order valence-electron chi connectivity index (χ4n) is 22.9. The Morgan fingerprint density at radius 1 is 0.424 bits per heavy atom. The molecule has 0 spiro atoms. The van der Waals surface area contributed by atoms with E-state index in [1.54, 1.807) is 41.5 Å². The predicted molar refractivity (Wildman–Crippen MR) is 395 cm³/mol. The summed E-state index contributed by atoms with van der Waals surface area (Å²) in [5.74, 6) is 10.6. The molecule has 15 fully saturated rings. The van der Waals surface area contributed by atoms with Gasteiger partial charge in [-0.2, -0.15) is 0 Å². The lowest BCUT2D eigenvalue weighted by Gasteiger charge is -2.61. The molecule has 12 nitrogen and oxygen atoms in total. The molecular formula is C87H136O12. The third-order valence-electron chi connectivity index (χ3n) is 27.9. The lowest BCUT2D eigenvalue weighted by atomic mass is 9.46. The normalized spacial score (nSPS) is 34.6. The molecule has 12 heteroatoms. The number of carbonyl (C=O) groups excluding carboxylic acids is 6. The van der Waals surface area contributed by atoms with Crippen molar-refractivity contribution in [3.05, 3.63) is 72.9 Å². The maximum atomic E-state index is 12.1. The molecule has 12 bridgehead atoms. The van der Waals surface area contributed by atoms with Crippen LogP contribution in [0.15, 0.2) is 72.9 Å². The van der Waals surface area contributed by atoms with Crippen molar-refractivity contribution < 1.29 is 57.2 Å². The van der Waals surface area contributed by atoms with E-state index >= 15 is 0 Å². The zero-order valence-corrected chi connectivity index (χ0v) is 64.9. The molecule has 15 saturated carbocycles.